The molecule has 0 fully saturated rings. The molecule has 0 heterocycles. The van der Waals surface area contributed by atoms with Crippen molar-refractivity contribution in [1.29, 1.82) is 0 Å². The van der Waals surface area contributed by atoms with Crippen molar-refractivity contribution < 1.29 is 4.74 Å². The van der Waals surface area contributed by atoms with Gasteiger partial charge in [-0.15, -0.1) is 0 Å². The summed E-state index contributed by atoms with van der Waals surface area (Å²) in [5, 5.41) is 6.10. The fourth-order valence-electron chi connectivity index (χ4n) is 2.70. The van der Waals surface area contributed by atoms with E-state index in [-0.39, 0.29) is 6.04 Å². The second kappa shape index (κ2) is 5.88. The largest absolute Gasteiger partial charge is 0.495 e. The van der Waals surface area contributed by atoms with Crippen molar-refractivity contribution in [2.45, 2.75) is 13.0 Å². The minimum Gasteiger partial charge on any atom is -0.495 e. The third-order valence-corrected chi connectivity index (χ3v) is 3.77. The molecule has 0 aromatic heterocycles. The summed E-state index contributed by atoms with van der Waals surface area (Å²) in [6.07, 6.45) is 0. The number of nitrogens with one attached hydrogen (secondary N) is 1. The molecule has 2 nitrogen and oxygen atoms in total. The van der Waals surface area contributed by atoms with Gasteiger partial charge in [-0.2, -0.15) is 0 Å². The molecule has 0 aliphatic carbocycles. The van der Waals surface area contributed by atoms with Crippen LogP contribution in [0.1, 0.15) is 18.5 Å². The van der Waals surface area contributed by atoms with Gasteiger partial charge >= 0.3 is 0 Å². The maximum absolute atomic E-state index is 5.41. The van der Waals surface area contributed by atoms with Gasteiger partial charge < -0.3 is 10.1 Å². The molecular weight excluding hydrogens is 258 g/mol. The molecule has 1 atom stereocenters. The molecule has 1 N–H and O–H groups in total. The van der Waals surface area contributed by atoms with E-state index in [0.717, 1.165) is 11.4 Å². The van der Waals surface area contributed by atoms with Gasteiger partial charge in [0.2, 0.25) is 0 Å². The van der Waals surface area contributed by atoms with Gasteiger partial charge in [0.15, 0.2) is 0 Å². The summed E-state index contributed by atoms with van der Waals surface area (Å²) in [4.78, 5) is 0. The van der Waals surface area contributed by atoms with Crippen molar-refractivity contribution >= 4 is 16.5 Å². The molecule has 106 valence electrons. The topological polar surface area (TPSA) is 21.3 Å². The normalized spacial score (nSPS) is 12.1. The Morgan fingerprint density at radius 3 is 2.43 bits per heavy atom. The lowest BCUT2D eigenvalue weighted by atomic mass is 9.99. The molecule has 0 aliphatic heterocycles. The maximum Gasteiger partial charge on any atom is 0.141 e. The summed E-state index contributed by atoms with van der Waals surface area (Å²) in [7, 11) is 1.70. The molecule has 3 aromatic carbocycles. The summed E-state index contributed by atoms with van der Waals surface area (Å²) >= 11 is 0. The molecular formula is C19H19NO. The van der Waals surface area contributed by atoms with Gasteiger partial charge in [0, 0.05) is 6.04 Å². The van der Waals surface area contributed by atoms with Crippen LogP contribution in [-0.2, 0) is 0 Å². The Hall–Kier alpha value is -2.48. The minimum absolute atomic E-state index is 0.201. The second-order valence-electron chi connectivity index (χ2n) is 5.13. The average molecular weight is 277 g/mol. The van der Waals surface area contributed by atoms with Gasteiger partial charge in [-0.25, -0.2) is 0 Å². The van der Waals surface area contributed by atoms with E-state index >= 15 is 0 Å². The highest BCUT2D eigenvalue weighted by Crippen LogP contribution is 2.30. The molecule has 3 rings (SSSR count). The Balaban J connectivity index is 1.96. The van der Waals surface area contributed by atoms with Gasteiger partial charge in [-0.3, -0.25) is 0 Å². The molecule has 0 aliphatic rings. The van der Waals surface area contributed by atoms with E-state index in [1.165, 1.54) is 16.3 Å². The lowest BCUT2D eigenvalue weighted by Crippen LogP contribution is -2.08. The van der Waals surface area contributed by atoms with E-state index in [0.29, 0.717) is 0 Å². The quantitative estimate of drug-likeness (QED) is 0.723. The van der Waals surface area contributed by atoms with Crippen molar-refractivity contribution in [3.05, 3.63) is 72.3 Å². The molecule has 3 aromatic rings. The Bertz CT molecular complexity index is 746. The fourth-order valence-corrected chi connectivity index (χ4v) is 2.70. The van der Waals surface area contributed by atoms with E-state index < -0.39 is 0 Å². The first kappa shape index (κ1) is 13.5. The minimum atomic E-state index is 0.201. The number of ether oxygens (including phenoxy) is 1. The predicted molar refractivity (Wildman–Crippen MR) is 89.0 cm³/mol. The molecule has 2 heteroatoms. The molecule has 0 saturated carbocycles. The fraction of sp³-hybridized carbons (Fsp3) is 0.158. The third-order valence-electron chi connectivity index (χ3n) is 3.77. The average Bonchev–Trinajstić information content (AvgIpc) is 2.54. The van der Waals surface area contributed by atoms with Crippen molar-refractivity contribution in [2.75, 3.05) is 12.4 Å². The zero-order valence-corrected chi connectivity index (χ0v) is 12.3. The lowest BCUT2D eigenvalue weighted by molar-refractivity contribution is 0.416. The van der Waals surface area contributed by atoms with E-state index in [2.05, 4.69) is 54.7 Å². The van der Waals surface area contributed by atoms with Gasteiger partial charge in [0.05, 0.1) is 12.8 Å². The highest BCUT2D eigenvalue weighted by atomic mass is 16.5. The number of fused-ring (bicyclic) bond motifs is 1. The van der Waals surface area contributed by atoms with Crippen molar-refractivity contribution in [3.8, 4) is 5.75 Å². The van der Waals surface area contributed by atoms with E-state index in [4.69, 9.17) is 4.74 Å². The monoisotopic (exact) mass is 277 g/mol. The van der Waals surface area contributed by atoms with Crippen LogP contribution in [0.4, 0.5) is 5.69 Å². The molecule has 0 amide bonds. The highest BCUT2D eigenvalue weighted by molar-refractivity contribution is 5.86. The van der Waals surface area contributed by atoms with Crippen molar-refractivity contribution in [3.63, 3.8) is 0 Å². The number of hydrogen-bond acceptors (Lipinski definition) is 2. The number of rotatable bonds is 4. The van der Waals surface area contributed by atoms with Gasteiger partial charge in [0.25, 0.3) is 0 Å². The number of hydrogen-bond donors (Lipinski definition) is 1. The molecule has 0 bridgehead atoms. The SMILES string of the molecule is COc1ccccc1N[C@@H](C)c1cccc2ccccc12. The summed E-state index contributed by atoms with van der Waals surface area (Å²) in [6.45, 7) is 2.17. The number of para-hydroxylation sites is 2. The standard InChI is InChI=1S/C19H19NO/c1-14(20-18-12-5-6-13-19(18)21-2)16-11-7-9-15-8-3-4-10-17(15)16/h3-14,20H,1-2H3/t14-/m0/s1. The molecule has 0 radical (unpaired) electrons. The first-order valence-electron chi connectivity index (χ1n) is 7.17. The lowest BCUT2D eigenvalue weighted by Gasteiger charge is -2.19. The molecule has 0 saturated heterocycles. The van der Waals surface area contributed by atoms with Crippen LogP contribution in [0, 0.1) is 0 Å². The predicted octanol–water partition coefficient (Wildman–Crippen LogP) is 5.02. The van der Waals surface area contributed by atoms with Crippen LogP contribution in [0.25, 0.3) is 10.8 Å². The maximum atomic E-state index is 5.41. The Kier molecular flexibility index (Phi) is 3.78. The van der Waals surface area contributed by atoms with Crippen LogP contribution in [0.15, 0.2) is 66.7 Å². The number of anilines is 1. The summed E-state index contributed by atoms with van der Waals surface area (Å²) < 4.78 is 5.41. The Labute approximate surface area is 125 Å². The van der Waals surface area contributed by atoms with Crippen molar-refractivity contribution in [2.24, 2.45) is 0 Å². The summed E-state index contributed by atoms with van der Waals surface area (Å²) in [5.41, 5.74) is 2.31. The smallest absolute Gasteiger partial charge is 0.141 e. The van der Waals surface area contributed by atoms with Crippen molar-refractivity contribution in [1.82, 2.24) is 0 Å². The van der Waals surface area contributed by atoms with Crippen LogP contribution < -0.4 is 10.1 Å². The zero-order chi connectivity index (χ0) is 14.7. The van der Waals surface area contributed by atoms with Gasteiger partial charge in [-0.1, -0.05) is 54.6 Å². The summed E-state index contributed by atoms with van der Waals surface area (Å²) in [6, 6.07) is 23.1. The Morgan fingerprint density at radius 2 is 1.57 bits per heavy atom. The number of benzene rings is 3. The molecule has 21 heavy (non-hydrogen) atoms. The Morgan fingerprint density at radius 1 is 0.857 bits per heavy atom. The number of methoxy groups -OCH3 is 1. The van der Waals surface area contributed by atoms with Crippen LogP contribution in [0.5, 0.6) is 5.75 Å². The zero-order valence-electron chi connectivity index (χ0n) is 12.3. The summed E-state index contributed by atoms with van der Waals surface area (Å²) in [5.74, 6) is 0.865. The van der Waals surface area contributed by atoms with Crippen LogP contribution in [-0.4, -0.2) is 7.11 Å². The van der Waals surface area contributed by atoms with Crippen LogP contribution >= 0.6 is 0 Å². The van der Waals surface area contributed by atoms with Crippen LogP contribution in [0.3, 0.4) is 0 Å². The second-order valence-corrected chi connectivity index (χ2v) is 5.13. The first-order valence-corrected chi connectivity index (χ1v) is 7.17. The molecule has 0 spiro atoms. The van der Waals surface area contributed by atoms with Gasteiger partial charge in [-0.05, 0) is 35.4 Å². The van der Waals surface area contributed by atoms with Gasteiger partial charge in [0.1, 0.15) is 5.75 Å². The highest BCUT2D eigenvalue weighted by Gasteiger charge is 2.11. The first-order chi connectivity index (χ1) is 10.3. The molecule has 0 unspecified atom stereocenters. The van der Waals surface area contributed by atoms with E-state index in [9.17, 15) is 0 Å². The van der Waals surface area contributed by atoms with Crippen LogP contribution in [0.2, 0.25) is 0 Å². The van der Waals surface area contributed by atoms with E-state index in [1.54, 1.807) is 7.11 Å². The third kappa shape index (κ3) is 2.70. The van der Waals surface area contributed by atoms with E-state index in [1.807, 2.05) is 24.3 Å².